The first-order valence-corrected chi connectivity index (χ1v) is 10.1. The minimum Gasteiger partial charge on any atom is -0.147 e. The fourth-order valence-electron chi connectivity index (χ4n) is 1.53. The van der Waals surface area contributed by atoms with Gasteiger partial charge in [0.1, 0.15) is 0 Å². The fourth-order valence-corrected chi connectivity index (χ4v) is 10.8. The molecule has 0 spiro atoms. The standard InChI is InChI=1S/C5H5.C4H10P.C3H6.2ClH.Ti/c1-2-4-5-3-1;1-4(2,3)5;1-3-2;;;/h1-3H,4H2;5H,1-3H3;1-2H3;2*1H;/q;-1;;;;+1. The average molecular weight is 317 g/mol. The molecule has 0 aromatic rings. The second-order valence-electron chi connectivity index (χ2n) is 5.07. The molecule has 0 N–H and O–H groups in total. The predicted molar refractivity (Wildman–Crippen MR) is 80.8 cm³/mol. The monoisotopic (exact) mass is 316 g/mol. The summed E-state index contributed by atoms with van der Waals surface area (Å²) in [5.41, 5.74) is 0. The van der Waals surface area contributed by atoms with E-state index in [1.165, 1.54) is 13.0 Å². The van der Waals surface area contributed by atoms with Gasteiger partial charge in [-0.25, -0.2) is 0 Å². The van der Waals surface area contributed by atoms with E-state index < -0.39 is 16.9 Å². The summed E-state index contributed by atoms with van der Waals surface area (Å²) >= 11 is -1.03. The van der Waals surface area contributed by atoms with E-state index in [4.69, 9.17) is 0 Å². The first-order chi connectivity index (χ1) is 6.40. The van der Waals surface area contributed by atoms with Crippen LogP contribution in [0.15, 0.2) is 22.1 Å². The molecule has 0 saturated carbocycles. The molecule has 1 aliphatic rings. The molecule has 0 bridgehead atoms. The van der Waals surface area contributed by atoms with Crippen LogP contribution >= 0.6 is 31.4 Å². The van der Waals surface area contributed by atoms with Crippen LogP contribution in [0.1, 0.15) is 41.0 Å². The molecule has 1 atom stereocenters. The summed E-state index contributed by atoms with van der Waals surface area (Å²) in [6.07, 6.45) is 8.15. The van der Waals surface area contributed by atoms with Crippen LogP contribution in [0.3, 0.4) is 0 Å². The van der Waals surface area contributed by atoms with E-state index in [2.05, 4.69) is 52.8 Å². The summed E-state index contributed by atoms with van der Waals surface area (Å²) in [6, 6.07) is 0. The molecule has 0 heterocycles. The van der Waals surface area contributed by atoms with Gasteiger partial charge in [0, 0.05) is 0 Å². The fraction of sp³-hybridized carbons (Fsp3) is 0.583. The molecule has 0 radical (unpaired) electrons. The van der Waals surface area contributed by atoms with Crippen LogP contribution in [0, 0.1) is 0 Å². The van der Waals surface area contributed by atoms with Gasteiger partial charge in [0.05, 0.1) is 0 Å². The van der Waals surface area contributed by atoms with Crippen molar-refractivity contribution in [2.75, 3.05) is 0 Å². The molecule has 1 aliphatic carbocycles. The van der Waals surface area contributed by atoms with Gasteiger partial charge in [0.15, 0.2) is 0 Å². The van der Waals surface area contributed by atoms with Crippen LogP contribution in [0.2, 0.25) is 0 Å². The van der Waals surface area contributed by atoms with Gasteiger partial charge in [-0.2, -0.15) is 0 Å². The first-order valence-electron chi connectivity index (χ1n) is 5.22. The number of allylic oxidation sites excluding steroid dienone is 4. The molecule has 94 valence electrons. The molecule has 0 amide bonds. The Hall–Kier alpha value is 1.07. The van der Waals surface area contributed by atoms with Gasteiger partial charge in [-0.05, 0) is 0 Å². The van der Waals surface area contributed by atoms with Gasteiger partial charge in [0.25, 0.3) is 0 Å². The van der Waals surface area contributed by atoms with Gasteiger partial charge in [-0.3, -0.25) is 0 Å². The van der Waals surface area contributed by atoms with Gasteiger partial charge in [-0.1, -0.05) is 0 Å². The quantitative estimate of drug-likeness (QED) is 0.502. The molecule has 0 saturated heterocycles. The summed E-state index contributed by atoms with van der Waals surface area (Å²) in [5.74, 6) is 0. The summed E-state index contributed by atoms with van der Waals surface area (Å²) in [6.45, 7) is 13.0. The molecular weight excluding hydrogens is 294 g/mol. The van der Waals surface area contributed by atoms with Crippen LogP contribution in [0.4, 0.5) is 0 Å². The zero-order valence-electron chi connectivity index (χ0n) is 10.8. The Morgan fingerprint density at radius 1 is 1.25 bits per heavy atom. The molecule has 1 unspecified atom stereocenters. The molecule has 0 aliphatic heterocycles. The van der Waals surface area contributed by atoms with Crippen molar-refractivity contribution in [1.29, 1.82) is 0 Å². The van der Waals surface area contributed by atoms with Gasteiger partial charge < -0.3 is 0 Å². The maximum Gasteiger partial charge on any atom is -0.147 e. The van der Waals surface area contributed by atoms with Gasteiger partial charge in [0.2, 0.25) is 0 Å². The van der Waals surface area contributed by atoms with Crippen LogP contribution in [0.25, 0.3) is 0 Å². The third-order valence-corrected chi connectivity index (χ3v) is 14.3. The Kier molecular flexibility index (Phi) is 9.98. The number of halogens is 2. The Morgan fingerprint density at radius 2 is 1.81 bits per heavy atom. The number of rotatable bonds is 2. The molecule has 0 aromatic carbocycles. The van der Waals surface area contributed by atoms with Crippen LogP contribution in [-0.2, 0) is 16.9 Å². The number of hydrogen-bond donors (Lipinski definition) is 0. The van der Waals surface area contributed by atoms with Crippen molar-refractivity contribution >= 4 is 35.2 Å². The molecule has 4 heteroatoms. The van der Waals surface area contributed by atoms with Gasteiger partial charge in [-0.15, -0.1) is 24.8 Å². The minimum absolute atomic E-state index is 0. The SMILES string of the molecule is C[C](C)=[Ti]([PH]C(C)(C)C)[C]1=CC=CC1.Cl.Cl. The number of hydrogen-bond acceptors (Lipinski definition) is 0. The van der Waals surface area contributed by atoms with E-state index in [0.717, 1.165) is 0 Å². The van der Waals surface area contributed by atoms with E-state index in [-0.39, 0.29) is 24.8 Å². The summed E-state index contributed by atoms with van der Waals surface area (Å²) < 4.78 is 3.51. The Balaban J connectivity index is 0. The zero-order valence-corrected chi connectivity index (χ0v) is 15.0. The zero-order chi connectivity index (χ0) is 10.8. The third-order valence-electron chi connectivity index (χ3n) is 2.09. The Bertz CT molecular complexity index is 307. The van der Waals surface area contributed by atoms with E-state index in [1.807, 2.05) is 0 Å². The largest absolute Gasteiger partial charge is 0.147 e. The van der Waals surface area contributed by atoms with E-state index in [9.17, 15) is 0 Å². The van der Waals surface area contributed by atoms with Crippen molar-refractivity contribution in [3.05, 3.63) is 22.1 Å². The van der Waals surface area contributed by atoms with Crippen molar-refractivity contribution in [3.63, 3.8) is 0 Å². The molecule has 0 aromatic heterocycles. The first kappa shape index (κ1) is 19.4. The molecule has 16 heavy (non-hydrogen) atoms. The van der Waals surface area contributed by atoms with Gasteiger partial charge >= 0.3 is 95.6 Å². The summed E-state index contributed by atoms with van der Waals surface area (Å²) in [5, 5.41) is 0.524. The van der Waals surface area contributed by atoms with Crippen molar-refractivity contribution in [3.8, 4) is 0 Å². The predicted octanol–water partition coefficient (Wildman–Crippen LogP) is 4.90. The van der Waals surface area contributed by atoms with Crippen molar-refractivity contribution < 1.29 is 16.9 Å². The van der Waals surface area contributed by atoms with Crippen molar-refractivity contribution in [2.24, 2.45) is 0 Å². The van der Waals surface area contributed by atoms with Crippen molar-refractivity contribution in [1.82, 2.24) is 0 Å². The third kappa shape index (κ3) is 6.72. The Morgan fingerprint density at radius 3 is 2.12 bits per heavy atom. The van der Waals surface area contributed by atoms with E-state index in [1.54, 1.807) is 7.69 Å². The van der Waals surface area contributed by atoms with Crippen LogP contribution < -0.4 is 0 Å². The summed E-state index contributed by atoms with van der Waals surface area (Å²) in [7, 11) is 0. The molecule has 0 fully saturated rings. The second-order valence-corrected chi connectivity index (χ2v) is 13.8. The minimum atomic E-state index is -1.03. The smallest absolute Gasteiger partial charge is 0.147 e. The maximum absolute atomic E-state index is 2.38. The van der Waals surface area contributed by atoms with Crippen molar-refractivity contribution in [2.45, 2.75) is 46.2 Å². The molecule has 0 nitrogen and oxygen atoms in total. The summed E-state index contributed by atoms with van der Waals surface area (Å²) in [4.78, 5) is 0. The second kappa shape index (κ2) is 8.22. The normalized spacial score (nSPS) is 14.4. The van der Waals surface area contributed by atoms with E-state index in [0.29, 0.717) is 5.16 Å². The average Bonchev–Trinajstić information content (AvgIpc) is 2.49. The molecular formula is C12H23Cl2PTi. The topological polar surface area (TPSA) is 0 Å². The van der Waals surface area contributed by atoms with Crippen LogP contribution in [0.5, 0.6) is 0 Å². The van der Waals surface area contributed by atoms with E-state index >= 15 is 0 Å². The van der Waals surface area contributed by atoms with Crippen LogP contribution in [-0.4, -0.2) is 8.97 Å². The maximum atomic E-state index is 2.38. The Labute approximate surface area is 120 Å². The molecule has 1 rings (SSSR count).